The zero-order valence-corrected chi connectivity index (χ0v) is 17.6. The van der Waals surface area contributed by atoms with Gasteiger partial charge < -0.3 is 4.90 Å². The third kappa shape index (κ3) is 3.28. The van der Waals surface area contributed by atoms with E-state index in [2.05, 4.69) is 106 Å². The Morgan fingerprint density at radius 1 is 0.929 bits per heavy atom. The largest absolute Gasteiger partial charge is 0.360 e. The Balaban J connectivity index is 1.58. The lowest BCUT2D eigenvalue weighted by atomic mass is 9.78. The van der Waals surface area contributed by atoms with Crippen LogP contribution in [0.5, 0.6) is 0 Å². The molecule has 0 bridgehead atoms. The average molecular weight is 432 g/mol. The predicted octanol–water partition coefficient (Wildman–Crippen LogP) is 6.88. The number of alkyl halides is 1. The first-order chi connectivity index (χ1) is 13.8. The molecule has 0 N–H and O–H groups in total. The predicted molar refractivity (Wildman–Crippen MR) is 122 cm³/mol. The fraction of sp³-hybridized carbons (Fsp3) is 0.308. The normalized spacial score (nSPS) is 30.3. The highest BCUT2D eigenvalue weighted by Crippen LogP contribution is 2.43. The van der Waals surface area contributed by atoms with Gasteiger partial charge >= 0.3 is 0 Å². The van der Waals surface area contributed by atoms with E-state index in [1.165, 1.54) is 28.8 Å². The van der Waals surface area contributed by atoms with E-state index in [-0.39, 0.29) is 0 Å². The minimum Gasteiger partial charge on any atom is -0.360 e. The summed E-state index contributed by atoms with van der Waals surface area (Å²) < 4.78 is 0. The number of halogens is 1. The molecule has 28 heavy (non-hydrogen) atoms. The maximum Gasteiger partial charge on any atom is 0.0586 e. The Bertz CT molecular complexity index is 930. The van der Waals surface area contributed by atoms with Gasteiger partial charge in [-0.25, -0.2) is 0 Å². The highest BCUT2D eigenvalue weighted by atomic mass is 79.9. The van der Waals surface area contributed by atoms with E-state index in [4.69, 9.17) is 0 Å². The molecule has 0 saturated carbocycles. The average Bonchev–Trinajstić information content (AvgIpc) is 2.75. The van der Waals surface area contributed by atoms with Gasteiger partial charge in [0.15, 0.2) is 0 Å². The van der Waals surface area contributed by atoms with Crippen molar-refractivity contribution in [2.24, 2.45) is 5.92 Å². The van der Waals surface area contributed by atoms with E-state index in [1.807, 2.05) is 0 Å². The topological polar surface area (TPSA) is 3.24 Å². The van der Waals surface area contributed by atoms with Crippen LogP contribution in [0.15, 0.2) is 90.2 Å². The van der Waals surface area contributed by atoms with Gasteiger partial charge in [-0.05, 0) is 48.5 Å². The molecule has 0 saturated heterocycles. The zero-order valence-electron chi connectivity index (χ0n) is 16.0. The first kappa shape index (κ1) is 18.0. The van der Waals surface area contributed by atoms with E-state index in [1.54, 1.807) is 0 Å². The summed E-state index contributed by atoms with van der Waals surface area (Å²) in [6.07, 6.45) is 27.8. The summed E-state index contributed by atoms with van der Waals surface area (Å²) in [6, 6.07) is 9.82. The molecule has 2 heteroatoms. The van der Waals surface area contributed by atoms with Crippen LogP contribution in [0.4, 0.5) is 0 Å². The van der Waals surface area contributed by atoms with E-state index >= 15 is 0 Å². The Morgan fingerprint density at radius 2 is 1.86 bits per heavy atom. The van der Waals surface area contributed by atoms with Crippen molar-refractivity contribution >= 4 is 22.0 Å². The molecule has 0 heterocycles. The molecule has 4 unspecified atom stereocenters. The molecule has 4 aliphatic carbocycles. The molecule has 1 aromatic rings. The smallest absolute Gasteiger partial charge is 0.0586 e. The minimum absolute atomic E-state index is 0.396. The van der Waals surface area contributed by atoms with Crippen LogP contribution in [-0.2, 0) is 0 Å². The fourth-order valence-corrected chi connectivity index (χ4v) is 5.44. The van der Waals surface area contributed by atoms with Gasteiger partial charge in [0.1, 0.15) is 0 Å². The lowest BCUT2D eigenvalue weighted by Crippen LogP contribution is -2.44. The van der Waals surface area contributed by atoms with Crippen molar-refractivity contribution in [2.45, 2.75) is 42.6 Å². The highest BCUT2D eigenvalue weighted by Gasteiger charge is 2.36. The number of fused-ring (bicyclic) bond motifs is 2. The molecule has 0 spiro atoms. The number of allylic oxidation sites excluding steroid dienone is 7. The standard InChI is InChI=1S/C26H26BrN/c27-21-15-17-22(18-16-21)28(25-13-5-9-19-7-1-3-11-23(19)25)26-14-6-10-20-8-2-4-12-24(20)26/h1-5,7-12,15,17-18,21,24-26H,6,13-14,16H2. The second-order valence-corrected chi connectivity index (χ2v) is 9.22. The van der Waals surface area contributed by atoms with Crippen LogP contribution in [0.25, 0.3) is 6.08 Å². The summed E-state index contributed by atoms with van der Waals surface area (Å²) in [5.41, 5.74) is 5.71. The Kier molecular flexibility index (Phi) is 4.98. The third-order valence-corrected chi connectivity index (χ3v) is 7.07. The van der Waals surface area contributed by atoms with Gasteiger partial charge in [-0.2, -0.15) is 0 Å². The highest BCUT2D eigenvalue weighted by molar-refractivity contribution is 9.09. The quantitative estimate of drug-likeness (QED) is 0.471. The summed E-state index contributed by atoms with van der Waals surface area (Å²) in [7, 11) is 0. The molecule has 4 aliphatic rings. The number of hydrogen-bond donors (Lipinski definition) is 0. The summed E-state index contributed by atoms with van der Waals surface area (Å²) in [4.78, 5) is 3.20. The fourth-order valence-electron chi connectivity index (χ4n) is 5.10. The van der Waals surface area contributed by atoms with Crippen molar-refractivity contribution in [3.05, 3.63) is 101 Å². The van der Waals surface area contributed by atoms with Crippen molar-refractivity contribution in [2.75, 3.05) is 0 Å². The monoisotopic (exact) mass is 431 g/mol. The molecule has 0 fully saturated rings. The van der Waals surface area contributed by atoms with Crippen molar-refractivity contribution in [3.63, 3.8) is 0 Å². The molecular weight excluding hydrogens is 406 g/mol. The lowest BCUT2D eigenvalue weighted by Gasteiger charge is -2.47. The van der Waals surface area contributed by atoms with Gasteiger partial charge in [-0.1, -0.05) is 94.9 Å². The minimum atomic E-state index is 0.396. The summed E-state index contributed by atoms with van der Waals surface area (Å²) in [5.74, 6) is 0.479. The van der Waals surface area contributed by atoms with Crippen LogP contribution < -0.4 is 0 Å². The number of nitrogens with zero attached hydrogens (tertiary/aromatic N) is 1. The van der Waals surface area contributed by atoms with E-state index in [0.717, 1.165) is 19.3 Å². The molecule has 142 valence electrons. The maximum atomic E-state index is 3.75. The lowest BCUT2D eigenvalue weighted by molar-refractivity contribution is 0.151. The summed E-state index contributed by atoms with van der Waals surface area (Å²) >= 11 is 3.75. The van der Waals surface area contributed by atoms with Crippen LogP contribution in [0.1, 0.15) is 42.9 Å². The van der Waals surface area contributed by atoms with Crippen LogP contribution in [0.2, 0.25) is 0 Å². The molecule has 0 amide bonds. The second kappa shape index (κ2) is 7.75. The van der Waals surface area contributed by atoms with Gasteiger partial charge in [0.05, 0.1) is 6.04 Å². The van der Waals surface area contributed by atoms with Gasteiger partial charge in [0, 0.05) is 22.5 Å². The number of hydrogen-bond acceptors (Lipinski definition) is 1. The molecule has 0 aromatic heterocycles. The summed E-state index contributed by atoms with van der Waals surface area (Å²) in [5, 5.41) is 0. The van der Waals surface area contributed by atoms with Crippen LogP contribution in [0.3, 0.4) is 0 Å². The van der Waals surface area contributed by atoms with Gasteiger partial charge in [-0.15, -0.1) is 0 Å². The molecule has 1 nitrogen and oxygen atoms in total. The maximum absolute atomic E-state index is 3.75. The number of rotatable bonds is 3. The SMILES string of the molecule is BrC1C=CC(N(C2CC=Cc3ccccc32)C2CCC=C3C=CC=CC32)=CC1. The molecular formula is C26H26BrN. The van der Waals surface area contributed by atoms with Gasteiger partial charge in [0.2, 0.25) is 0 Å². The van der Waals surface area contributed by atoms with Crippen molar-refractivity contribution in [1.82, 2.24) is 4.90 Å². The van der Waals surface area contributed by atoms with Crippen molar-refractivity contribution in [1.29, 1.82) is 0 Å². The van der Waals surface area contributed by atoms with Crippen molar-refractivity contribution in [3.8, 4) is 0 Å². The number of benzene rings is 1. The van der Waals surface area contributed by atoms with Crippen LogP contribution in [-0.4, -0.2) is 15.8 Å². The van der Waals surface area contributed by atoms with E-state index in [9.17, 15) is 0 Å². The summed E-state index contributed by atoms with van der Waals surface area (Å²) in [6.45, 7) is 0. The van der Waals surface area contributed by atoms with Crippen molar-refractivity contribution < 1.29 is 0 Å². The van der Waals surface area contributed by atoms with Gasteiger partial charge in [-0.3, -0.25) is 0 Å². The van der Waals surface area contributed by atoms with Gasteiger partial charge in [0.25, 0.3) is 0 Å². The zero-order chi connectivity index (χ0) is 18.9. The first-order valence-electron chi connectivity index (χ1n) is 10.4. The Labute approximate surface area is 176 Å². The second-order valence-electron chi connectivity index (χ2n) is 8.05. The Hall–Kier alpha value is -2.06. The first-order valence-corrected chi connectivity index (χ1v) is 11.3. The third-order valence-electron chi connectivity index (χ3n) is 6.39. The molecule has 1 aromatic carbocycles. The van der Waals surface area contributed by atoms with E-state index < -0.39 is 0 Å². The Morgan fingerprint density at radius 3 is 2.75 bits per heavy atom. The molecule has 0 radical (unpaired) electrons. The van der Waals surface area contributed by atoms with Crippen LogP contribution >= 0.6 is 15.9 Å². The van der Waals surface area contributed by atoms with Crippen LogP contribution in [0, 0.1) is 5.92 Å². The molecule has 4 atom stereocenters. The molecule has 0 aliphatic heterocycles. The molecule has 5 rings (SSSR count). The van der Waals surface area contributed by atoms with E-state index in [0.29, 0.717) is 22.8 Å².